The van der Waals surface area contributed by atoms with Gasteiger partial charge in [-0.2, -0.15) is 0 Å². The van der Waals surface area contributed by atoms with Gasteiger partial charge in [-0.15, -0.1) is 10.2 Å². The zero-order valence-electron chi connectivity index (χ0n) is 15.9. The van der Waals surface area contributed by atoms with Crippen molar-refractivity contribution in [3.8, 4) is 11.5 Å². The molecule has 5 nitrogen and oxygen atoms in total. The molecule has 0 aliphatic carbocycles. The van der Waals surface area contributed by atoms with Gasteiger partial charge in [0.25, 0.3) is 0 Å². The predicted octanol–water partition coefficient (Wildman–Crippen LogP) is 5.24. The lowest BCUT2D eigenvalue weighted by atomic mass is 10.1. The number of anilines is 1. The normalized spacial score (nSPS) is 16.4. The molecule has 1 aromatic heterocycles. The van der Waals surface area contributed by atoms with Crippen LogP contribution < -0.4 is 4.90 Å². The van der Waals surface area contributed by atoms with Crippen molar-refractivity contribution < 1.29 is 4.42 Å². The maximum absolute atomic E-state index is 6.18. The molecule has 4 rings (SSSR count). The standard InChI is InChI=1S/C21H22Cl2N4O/c1-14-6-7-18(23)13-19(14)27-10-8-26(9-11-27)15(2)20-24-25-21(28-20)16-4-3-5-17(22)12-16/h3-7,12-13,15H,8-11H2,1-2H3/t15-/m0/s1. The van der Waals surface area contributed by atoms with Crippen LogP contribution in [-0.4, -0.2) is 41.3 Å². The van der Waals surface area contributed by atoms with E-state index in [0.29, 0.717) is 16.8 Å². The van der Waals surface area contributed by atoms with Crippen LogP contribution in [0, 0.1) is 6.92 Å². The van der Waals surface area contributed by atoms with Crippen molar-refractivity contribution in [3.63, 3.8) is 0 Å². The summed E-state index contributed by atoms with van der Waals surface area (Å²) in [5.74, 6) is 1.12. The fourth-order valence-corrected chi connectivity index (χ4v) is 3.93. The Hall–Kier alpha value is -2.08. The molecule has 0 N–H and O–H groups in total. The van der Waals surface area contributed by atoms with Gasteiger partial charge in [-0.1, -0.05) is 35.3 Å². The second kappa shape index (κ2) is 8.11. The van der Waals surface area contributed by atoms with E-state index in [-0.39, 0.29) is 6.04 Å². The fourth-order valence-electron chi connectivity index (χ4n) is 3.57. The first-order chi connectivity index (χ1) is 13.5. The van der Waals surface area contributed by atoms with Crippen molar-refractivity contribution in [2.24, 2.45) is 0 Å². The molecule has 7 heteroatoms. The molecule has 0 unspecified atom stereocenters. The molecule has 28 heavy (non-hydrogen) atoms. The molecule has 1 aliphatic rings. The van der Waals surface area contributed by atoms with E-state index in [9.17, 15) is 0 Å². The van der Waals surface area contributed by atoms with Crippen LogP contribution in [0.2, 0.25) is 10.0 Å². The zero-order chi connectivity index (χ0) is 19.7. The molecule has 0 amide bonds. The monoisotopic (exact) mass is 416 g/mol. The van der Waals surface area contributed by atoms with Crippen LogP contribution >= 0.6 is 23.2 Å². The number of aromatic nitrogens is 2. The number of nitrogens with zero attached hydrogens (tertiary/aromatic N) is 4. The summed E-state index contributed by atoms with van der Waals surface area (Å²) in [6.45, 7) is 7.93. The van der Waals surface area contributed by atoms with Gasteiger partial charge in [-0.25, -0.2) is 0 Å². The van der Waals surface area contributed by atoms with E-state index in [2.05, 4.69) is 39.9 Å². The van der Waals surface area contributed by atoms with Crippen LogP contribution in [0.25, 0.3) is 11.5 Å². The van der Waals surface area contributed by atoms with Crippen molar-refractivity contribution >= 4 is 28.9 Å². The Labute approximate surface area is 174 Å². The van der Waals surface area contributed by atoms with Gasteiger partial charge in [0.1, 0.15) is 0 Å². The van der Waals surface area contributed by atoms with Gasteiger partial charge in [-0.05, 0) is 49.7 Å². The largest absolute Gasteiger partial charge is 0.419 e. The molecular formula is C21H22Cl2N4O. The van der Waals surface area contributed by atoms with Crippen LogP contribution in [0.1, 0.15) is 24.4 Å². The lowest BCUT2D eigenvalue weighted by Gasteiger charge is -2.38. The minimum Gasteiger partial charge on any atom is -0.419 e. The number of benzene rings is 2. The number of aryl methyl sites for hydroxylation is 1. The predicted molar refractivity (Wildman–Crippen MR) is 113 cm³/mol. The van der Waals surface area contributed by atoms with Crippen LogP contribution in [-0.2, 0) is 0 Å². The van der Waals surface area contributed by atoms with E-state index in [4.69, 9.17) is 27.6 Å². The molecule has 3 aromatic rings. The highest BCUT2D eigenvalue weighted by Crippen LogP contribution is 2.29. The maximum Gasteiger partial charge on any atom is 0.247 e. The quantitative estimate of drug-likeness (QED) is 0.581. The number of hydrogen-bond donors (Lipinski definition) is 0. The van der Waals surface area contributed by atoms with E-state index in [1.54, 1.807) is 0 Å². The van der Waals surface area contributed by atoms with Gasteiger partial charge in [0.2, 0.25) is 11.8 Å². The minimum atomic E-state index is 0.0584. The molecule has 1 atom stereocenters. The van der Waals surface area contributed by atoms with Crippen molar-refractivity contribution in [3.05, 3.63) is 64.0 Å². The summed E-state index contributed by atoms with van der Waals surface area (Å²) in [5, 5.41) is 9.89. The highest BCUT2D eigenvalue weighted by molar-refractivity contribution is 6.31. The Morgan fingerprint density at radius 3 is 2.46 bits per heavy atom. The number of hydrogen-bond acceptors (Lipinski definition) is 5. The number of rotatable bonds is 4. The average molecular weight is 417 g/mol. The molecule has 146 valence electrons. The van der Waals surface area contributed by atoms with E-state index in [1.807, 2.05) is 36.4 Å². The molecule has 0 radical (unpaired) electrons. The summed E-state index contributed by atoms with van der Waals surface area (Å²) in [7, 11) is 0. The molecule has 2 aromatic carbocycles. The Morgan fingerprint density at radius 2 is 1.71 bits per heavy atom. The topological polar surface area (TPSA) is 45.4 Å². The van der Waals surface area contributed by atoms with E-state index >= 15 is 0 Å². The summed E-state index contributed by atoms with van der Waals surface area (Å²) < 4.78 is 5.93. The highest BCUT2D eigenvalue weighted by atomic mass is 35.5. The molecule has 2 heterocycles. The second-order valence-electron chi connectivity index (χ2n) is 7.09. The minimum absolute atomic E-state index is 0.0584. The Balaban J connectivity index is 1.43. The van der Waals surface area contributed by atoms with Crippen molar-refractivity contribution in [2.75, 3.05) is 31.1 Å². The van der Waals surface area contributed by atoms with E-state index < -0.39 is 0 Å². The summed E-state index contributed by atoms with van der Waals surface area (Å²) >= 11 is 12.2. The third kappa shape index (κ3) is 4.02. The van der Waals surface area contributed by atoms with Crippen LogP contribution in [0.5, 0.6) is 0 Å². The zero-order valence-corrected chi connectivity index (χ0v) is 17.4. The lowest BCUT2D eigenvalue weighted by molar-refractivity contribution is 0.173. The van der Waals surface area contributed by atoms with Crippen LogP contribution in [0.4, 0.5) is 5.69 Å². The van der Waals surface area contributed by atoms with Gasteiger partial charge in [0.15, 0.2) is 0 Å². The first-order valence-electron chi connectivity index (χ1n) is 9.36. The number of halogens is 2. The first-order valence-corrected chi connectivity index (χ1v) is 10.1. The maximum atomic E-state index is 6.18. The molecule has 0 spiro atoms. The van der Waals surface area contributed by atoms with Gasteiger partial charge in [-0.3, -0.25) is 4.90 Å². The summed E-state index contributed by atoms with van der Waals surface area (Å²) in [6.07, 6.45) is 0. The van der Waals surface area contributed by atoms with E-state index in [0.717, 1.165) is 36.8 Å². The third-order valence-corrected chi connectivity index (χ3v) is 5.71. The molecule has 0 saturated carbocycles. The summed E-state index contributed by atoms with van der Waals surface area (Å²) in [6, 6.07) is 13.6. The van der Waals surface area contributed by atoms with Gasteiger partial charge >= 0.3 is 0 Å². The van der Waals surface area contributed by atoms with Gasteiger partial charge in [0, 0.05) is 47.5 Å². The summed E-state index contributed by atoms with van der Waals surface area (Å²) in [4.78, 5) is 4.75. The van der Waals surface area contributed by atoms with Gasteiger partial charge < -0.3 is 9.32 Å². The lowest BCUT2D eigenvalue weighted by Crippen LogP contribution is -2.47. The van der Waals surface area contributed by atoms with Gasteiger partial charge in [0.05, 0.1) is 6.04 Å². The molecular weight excluding hydrogens is 395 g/mol. The molecule has 0 bridgehead atoms. The van der Waals surface area contributed by atoms with Crippen molar-refractivity contribution in [2.45, 2.75) is 19.9 Å². The number of piperazine rings is 1. The third-order valence-electron chi connectivity index (χ3n) is 5.24. The molecule has 1 aliphatic heterocycles. The van der Waals surface area contributed by atoms with Crippen molar-refractivity contribution in [1.29, 1.82) is 0 Å². The Kier molecular flexibility index (Phi) is 5.58. The summed E-state index contributed by atoms with van der Waals surface area (Å²) in [5.41, 5.74) is 3.29. The highest BCUT2D eigenvalue weighted by Gasteiger charge is 2.26. The first kappa shape index (κ1) is 19.2. The average Bonchev–Trinajstić information content (AvgIpc) is 3.20. The Bertz CT molecular complexity index is 967. The smallest absolute Gasteiger partial charge is 0.247 e. The second-order valence-corrected chi connectivity index (χ2v) is 7.96. The van der Waals surface area contributed by atoms with Crippen LogP contribution in [0.15, 0.2) is 46.9 Å². The van der Waals surface area contributed by atoms with Crippen LogP contribution in [0.3, 0.4) is 0 Å². The Morgan fingerprint density at radius 1 is 0.964 bits per heavy atom. The SMILES string of the molecule is Cc1ccc(Cl)cc1N1CCN([C@@H](C)c2nnc(-c3cccc(Cl)c3)o2)CC1. The fraction of sp³-hybridized carbons (Fsp3) is 0.333. The molecule has 1 saturated heterocycles. The van der Waals surface area contributed by atoms with E-state index in [1.165, 1.54) is 11.3 Å². The molecule has 1 fully saturated rings. The van der Waals surface area contributed by atoms with Crippen molar-refractivity contribution in [1.82, 2.24) is 15.1 Å².